The van der Waals surface area contributed by atoms with Crippen molar-refractivity contribution in [2.45, 2.75) is 76.9 Å². The van der Waals surface area contributed by atoms with Crippen molar-refractivity contribution < 1.29 is 32.1 Å². The van der Waals surface area contributed by atoms with Crippen LogP contribution in [0.1, 0.15) is 34.6 Å². The first-order chi connectivity index (χ1) is 10.2. The van der Waals surface area contributed by atoms with Gasteiger partial charge in [-0.15, -0.1) is 0 Å². The zero-order valence-electron chi connectivity index (χ0n) is 13.6. The molecule has 0 aromatic heterocycles. The molecule has 3 fully saturated rings. The summed E-state index contributed by atoms with van der Waals surface area (Å²) in [5, 5.41) is 0. The third-order valence-electron chi connectivity index (χ3n) is 3.88. The minimum atomic E-state index is -1.40. The molecule has 0 amide bonds. The Kier molecular flexibility index (Phi) is 4.39. The van der Waals surface area contributed by atoms with Gasteiger partial charge in [0.05, 0.1) is 6.61 Å². The van der Waals surface area contributed by atoms with Gasteiger partial charge in [0.1, 0.15) is 24.4 Å². The van der Waals surface area contributed by atoms with Crippen molar-refractivity contribution in [3.8, 4) is 0 Å². The number of fused-ring (bicyclic) bond motifs is 1. The van der Waals surface area contributed by atoms with Crippen molar-refractivity contribution in [2.24, 2.45) is 0 Å². The lowest BCUT2D eigenvalue weighted by Crippen LogP contribution is -2.44. The van der Waals surface area contributed by atoms with Gasteiger partial charge >= 0.3 is 0 Å². The first-order valence-electron chi connectivity index (χ1n) is 7.59. The van der Waals surface area contributed by atoms with Crippen LogP contribution in [-0.2, 0) is 38.9 Å². The maximum Gasteiger partial charge on any atom is 0.190 e. The third kappa shape index (κ3) is 3.24. The highest BCUT2D eigenvalue weighted by molar-refractivity contribution is 7.80. The van der Waals surface area contributed by atoms with E-state index in [1.807, 2.05) is 27.7 Å². The molecular weight excluding hydrogens is 312 g/mol. The maximum absolute atomic E-state index is 11.9. The van der Waals surface area contributed by atoms with E-state index in [2.05, 4.69) is 0 Å². The average molecular weight is 336 g/mol. The van der Waals surface area contributed by atoms with Gasteiger partial charge in [-0.3, -0.25) is 4.18 Å². The van der Waals surface area contributed by atoms with Crippen LogP contribution in [0, 0.1) is 0 Å². The van der Waals surface area contributed by atoms with E-state index in [0.717, 1.165) is 0 Å². The molecule has 3 rings (SSSR count). The van der Waals surface area contributed by atoms with Gasteiger partial charge in [-0.2, -0.15) is 0 Å². The molecule has 3 saturated heterocycles. The van der Waals surface area contributed by atoms with Crippen LogP contribution in [0.5, 0.6) is 0 Å². The second kappa shape index (κ2) is 5.77. The fraction of sp³-hybridized carbons (Fsp3) is 1.00. The molecule has 0 N–H and O–H groups in total. The largest absolute Gasteiger partial charge is 0.348 e. The van der Waals surface area contributed by atoms with Crippen molar-refractivity contribution in [1.82, 2.24) is 0 Å². The second-order valence-corrected chi connectivity index (χ2v) is 7.97. The van der Waals surface area contributed by atoms with E-state index in [9.17, 15) is 4.21 Å². The molecule has 0 saturated carbocycles. The fourth-order valence-electron chi connectivity index (χ4n) is 2.98. The molecule has 0 unspecified atom stereocenters. The lowest BCUT2D eigenvalue weighted by molar-refractivity contribution is -0.230. The Morgan fingerprint density at radius 1 is 1.09 bits per heavy atom. The molecule has 3 aliphatic rings. The van der Waals surface area contributed by atoms with E-state index in [0.29, 0.717) is 12.4 Å². The van der Waals surface area contributed by atoms with Crippen LogP contribution < -0.4 is 0 Å². The van der Waals surface area contributed by atoms with Gasteiger partial charge in [-0.05, 0) is 27.7 Å². The normalized spacial score (nSPS) is 44.1. The minimum absolute atomic E-state index is 0.310. The van der Waals surface area contributed by atoms with Crippen LogP contribution in [0.15, 0.2) is 0 Å². The molecule has 0 bridgehead atoms. The average Bonchev–Trinajstić information content (AvgIpc) is 3.01. The molecule has 0 aliphatic carbocycles. The van der Waals surface area contributed by atoms with Crippen molar-refractivity contribution >= 4 is 11.1 Å². The molecule has 0 spiro atoms. The summed E-state index contributed by atoms with van der Waals surface area (Å²) < 4.78 is 46.5. The number of rotatable bonds is 4. The lowest BCUT2D eigenvalue weighted by atomic mass is 10.1. The summed E-state index contributed by atoms with van der Waals surface area (Å²) in [6.07, 6.45) is -2.25. The summed E-state index contributed by atoms with van der Waals surface area (Å²) >= 11 is -1.40. The van der Waals surface area contributed by atoms with Crippen LogP contribution in [0.4, 0.5) is 0 Å². The van der Waals surface area contributed by atoms with Crippen molar-refractivity contribution in [3.05, 3.63) is 0 Å². The van der Waals surface area contributed by atoms with Crippen molar-refractivity contribution in [1.29, 1.82) is 0 Å². The van der Waals surface area contributed by atoms with Crippen LogP contribution in [0.3, 0.4) is 0 Å². The van der Waals surface area contributed by atoms with Crippen LogP contribution in [-0.4, -0.2) is 58.8 Å². The Labute approximate surface area is 133 Å². The molecule has 6 atom stereocenters. The van der Waals surface area contributed by atoms with E-state index in [-0.39, 0.29) is 6.10 Å². The van der Waals surface area contributed by atoms with Gasteiger partial charge < -0.3 is 23.7 Å². The molecule has 0 radical (unpaired) electrons. The van der Waals surface area contributed by atoms with E-state index in [4.69, 9.17) is 27.9 Å². The lowest BCUT2D eigenvalue weighted by Gasteiger charge is -2.28. The standard InChI is InChI=1S/C14H24O7S/c1-6-22(15)21-10-9(8-7-16-13(2,3)18-8)17-12-11(10)19-14(4,5)20-12/h8-12H,6-7H2,1-5H3/t8-,9+,10-,11+,12+,22+/m0/s1. The predicted molar refractivity (Wildman–Crippen MR) is 77.2 cm³/mol. The SMILES string of the molecule is CC[S@](=O)O[C@@H]1[C@H]2OC(C)(C)O[C@H]2O[C@@H]1[C@@H]1COC(C)(C)O1. The summed E-state index contributed by atoms with van der Waals surface area (Å²) in [6.45, 7) is 9.51. The van der Waals surface area contributed by atoms with E-state index in [1.54, 1.807) is 6.92 Å². The molecular formula is C14H24O7S. The van der Waals surface area contributed by atoms with Crippen LogP contribution in [0.2, 0.25) is 0 Å². The quantitative estimate of drug-likeness (QED) is 0.761. The molecule has 128 valence electrons. The smallest absolute Gasteiger partial charge is 0.190 e. The first-order valence-corrected chi connectivity index (χ1v) is 8.83. The summed E-state index contributed by atoms with van der Waals surface area (Å²) in [5.41, 5.74) is 0. The highest BCUT2D eigenvalue weighted by atomic mass is 32.2. The van der Waals surface area contributed by atoms with Gasteiger partial charge in [0.15, 0.2) is 28.9 Å². The number of ether oxygens (including phenoxy) is 5. The Morgan fingerprint density at radius 2 is 1.82 bits per heavy atom. The number of hydrogen-bond donors (Lipinski definition) is 0. The molecule has 8 heteroatoms. The monoisotopic (exact) mass is 336 g/mol. The van der Waals surface area contributed by atoms with Gasteiger partial charge in [0, 0.05) is 5.75 Å². The first kappa shape index (κ1) is 16.8. The predicted octanol–water partition coefficient (Wildman–Crippen LogP) is 1.08. The van der Waals surface area contributed by atoms with Crippen LogP contribution in [0.25, 0.3) is 0 Å². The topological polar surface area (TPSA) is 72.5 Å². The summed E-state index contributed by atoms with van der Waals surface area (Å²) in [6, 6.07) is 0. The summed E-state index contributed by atoms with van der Waals surface area (Å²) in [5.74, 6) is -1.01. The van der Waals surface area contributed by atoms with E-state index >= 15 is 0 Å². The second-order valence-electron chi connectivity index (χ2n) is 6.59. The molecule has 7 nitrogen and oxygen atoms in total. The van der Waals surface area contributed by atoms with Gasteiger partial charge in [-0.25, -0.2) is 4.21 Å². The van der Waals surface area contributed by atoms with Crippen molar-refractivity contribution in [3.63, 3.8) is 0 Å². The van der Waals surface area contributed by atoms with Gasteiger partial charge in [0.25, 0.3) is 0 Å². The Morgan fingerprint density at radius 3 is 2.41 bits per heavy atom. The van der Waals surface area contributed by atoms with E-state index < -0.39 is 47.3 Å². The van der Waals surface area contributed by atoms with Gasteiger partial charge in [0.2, 0.25) is 0 Å². The zero-order valence-corrected chi connectivity index (χ0v) is 14.4. The number of hydrogen-bond acceptors (Lipinski definition) is 7. The molecule has 3 aliphatic heterocycles. The van der Waals surface area contributed by atoms with E-state index in [1.165, 1.54) is 0 Å². The summed E-state index contributed by atoms with van der Waals surface area (Å²) in [4.78, 5) is 0. The minimum Gasteiger partial charge on any atom is -0.348 e. The van der Waals surface area contributed by atoms with Crippen molar-refractivity contribution in [2.75, 3.05) is 12.4 Å². The molecule has 0 aromatic carbocycles. The van der Waals surface area contributed by atoms with Gasteiger partial charge in [-0.1, -0.05) is 6.92 Å². The highest BCUT2D eigenvalue weighted by Gasteiger charge is 2.59. The molecule has 22 heavy (non-hydrogen) atoms. The maximum atomic E-state index is 11.9. The highest BCUT2D eigenvalue weighted by Crippen LogP contribution is 2.42. The summed E-state index contributed by atoms with van der Waals surface area (Å²) in [7, 11) is 0. The molecule has 0 aromatic rings. The Bertz CT molecular complexity index is 452. The molecule has 3 heterocycles. The third-order valence-corrected chi connectivity index (χ3v) is 4.79. The zero-order chi connectivity index (χ0) is 16.1. The van der Waals surface area contributed by atoms with Crippen LogP contribution >= 0.6 is 0 Å². The fourth-order valence-corrected chi connectivity index (χ4v) is 3.59. The Balaban J connectivity index is 1.76. The Hall–Kier alpha value is -0.0900.